The van der Waals surface area contributed by atoms with Gasteiger partial charge in [-0.2, -0.15) is 0 Å². The molecule has 1 aromatic rings. The summed E-state index contributed by atoms with van der Waals surface area (Å²) in [6, 6.07) is 4.10. The second-order valence-electron chi connectivity index (χ2n) is 2.58. The molecule has 0 saturated carbocycles. The van der Waals surface area contributed by atoms with Crippen LogP contribution in [-0.2, 0) is 4.74 Å². The van der Waals surface area contributed by atoms with Gasteiger partial charge in [0.1, 0.15) is 11.3 Å². The van der Waals surface area contributed by atoms with Gasteiger partial charge in [-0.3, -0.25) is 0 Å². The molecule has 0 spiro atoms. The third-order valence-corrected chi connectivity index (χ3v) is 1.81. The van der Waals surface area contributed by atoms with E-state index in [9.17, 15) is 4.79 Å². The number of benzene rings is 1. The van der Waals surface area contributed by atoms with Gasteiger partial charge in [-0.25, -0.2) is 4.79 Å². The van der Waals surface area contributed by atoms with E-state index in [-0.39, 0.29) is 11.3 Å². The first-order valence-corrected chi connectivity index (χ1v) is 4.33. The molecule has 0 aliphatic rings. The van der Waals surface area contributed by atoms with Gasteiger partial charge in [-0.15, -0.1) is 0 Å². The molecule has 0 bridgehead atoms. The Balaban J connectivity index is 3.08. The van der Waals surface area contributed by atoms with Crippen LogP contribution in [0.1, 0.15) is 10.4 Å². The molecule has 0 radical (unpaired) electrons. The fourth-order valence-corrected chi connectivity index (χ4v) is 1.16. The second kappa shape index (κ2) is 5.02. The normalized spacial score (nSPS) is 9.60. The van der Waals surface area contributed by atoms with Crippen LogP contribution in [0.25, 0.3) is 0 Å². The smallest absolute Gasteiger partial charge is 0.511 e. The van der Waals surface area contributed by atoms with Crippen LogP contribution >= 0.6 is 11.6 Å². The summed E-state index contributed by atoms with van der Waals surface area (Å²) < 4.78 is 9.05. The minimum absolute atomic E-state index is 0.0127. The van der Waals surface area contributed by atoms with Crippen molar-refractivity contribution in [1.29, 1.82) is 0 Å². The predicted molar refractivity (Wildman–Crippen MR) is 53.6 cm³/mol. The summed E-state index contributed by atoms with van der Waals surface area (Å²) in [7, 11) is -0.808. The Morgan fingerprint density at radius 2 is 2.13 bits per heavy atom. The van der Waals surface area contributed by atoms with Crippen LogP contribution in [0.15, 0.2) is 18.2 Å². The van der Waals surface area contributed by atoms with Crippen LogP contribution in [0.5, 0.6) is 5.75 Å². The number of methoxy groups -OCH3 is 1. The van der Waals surface area contributed by atoms with Crippen LogP contribution in [0.3, 0.4) is 0 Å². The quantitative estimate of drug-likeness (QED) is 0.583. The topological polar surface area (TPSA) is 76.0 Å². The van der Waals surface area contributed by atoms with Crippen molar-refractivity contribution in [3.63, 3.8) is 0 Å². The van der Waals surface area contributed by atoms with Gasteiger partial charge in [0.2, 0.25) is 0 Å². The molecule has 5 nitrogen and oxygen atoms in total. The van der Waals surface area contributed by atoms with Crippen LogP contribution in [0.4, 0.5) is 0 Å². The number of hydrogen-bond donors (Lipinski definition) is 2. The number of hydrogen-bond acceptors (Lipinski definition) is 5. The molecule has 0 saturated heterocycles. The van der Waals surface area contributed by atoms with Crippen LogP contribution in [-0.4, -0.2) is 30.4 Å². The fraction of sp³-hybridized carbons (Fsp3) is 0.125. The molecular weight excluding hydrogens is 222 g/mol. The van der Waals surface area contributed by atoms with Crippen molar-refractivity contribution in [2.45, 2.75) is 0 Å². The highest BCUT2D eigenvalue weighted by Gasteiger charge is 2.18. The highest BCUT2D eigenvalue weighted by atomic mass is 35.5. The number of carbonyl (C=O) groups excluding carboxylic acids is 1. The largest absolute Gasteiger partial charge is 0.707 e. The number of halogens is 1. The molecule has 7 heteroatoms. The van der Waals surface area contributed by atoms with Gasteiger partial charge < -0.3 is 19.4 Å². The van der Waals surface area contributed by atoms with Gasteiger partial charge in [-0.1, -0.05) is 11.6 Å². The summed E-state index contributed by atoms with van der Waals surface area (Å²) in [6.45, 7) is 0. The number of carbonyl (C=O) groups is 1. The molecule has 15 heavy (non-hydrogen) atoms. The SMILES string of the molecule is COC(=O)c1cc(Cl)ccc1OB(O)O. The molecule has 2 N–H and O–H groups in total. The molecule has 0 aromatic heterocycles. The summed E-state index contributed by atoms with van der Waals surface area (Å²) in [6.07, 6.45) is 0. The molecule has 0 aliphatic heterocycles. The second-order valence-corrected chi connectivity index (χ2v) is 3.01. The monoisotopic (exact) mass is 230 g/mol. The van der Waals surface area contributed by atoms with E-state index >= 15 is 0 Å². The van der Waals surface area contributed by atoms with Gasteiger partial charge in [0.05, 0.1) is 7.11 Å². The first-order valence-electron chi connectivity index (χ1n) is 3.95. The molecule has 0 unspecified atom stereocenters. The van der Waals surface area contributed by atoms with Crippen molar-refractivity contribution in [3.05, 3.63) is 28.8 Å². The standard InChI is InChI=1S/C8H8BClO5/c1-14-8(11)6-4-5(10)2-3-7(6)15-9(12)13/h2-4,12-13H,1H3. The Hall–Kier alpha value is -1.24. The fourth-order valence-electron chi connectivity index (χ4n) is 0.988. The lowest BCUT2D eigenvalue weighted by Gasteiger charge is -2.09. The first-order chi connectivity index (χ1) is 7.04. The minimum atomic E-state index is -2.01. The molecule has 0 fully saturated rings. The molecular formula is C8H8BClO5. The average Bonchev–Trinajstić information content (AvgIpc) is 2.19. The van der Waals surface area contributed by atoms with Crippen molar-refractivity contribution >= 4 is 24.9 Å². The maximum absolute atomic E-state index is 11.2. The summed E-state index contributed by atoms with van der Waals surface area (Å²) in [4.78, 5) is 11.2. The number of ether oxygens (including phenoxy) is 1. The van der Waals surface area contributed by atoms with Crippen molar-refractivity contribution in [3.8, 4) is 5.75 Å². The van der Waals surface area contributed by atoms with Gasteiger partial charge in [0.25, 0.3) is 0 Å². The van der Waals surface area contributed by atoms with E-state index in [2.05, 4.69) is 9.39 Å². The molecule has 0 atom stereocenters. The average molecular weight is 230 g/mol. The van der Waals surface area contributed by atoms with Gasteiger partial charge in [-0.05, 0) is 18.2 Å². The lowest BCUT2D eigenvalue weighted by atomic mass is 10.1. The summed E-state index contributed by atoms with van der Waals surface area (Å²) in [5, 5.41) is 17.5. The zero-order valence-corrected chi connectivity index (χ0v) is 8.56. The van der Waals surface area contributed by atoms with Crippen molar-refractivity contribution in [1.82, 2.24) is 0 Å². The Labute approximate surface area is 91.4 Å². The maximum Gasteiger partial charge on any atom is 0.707 e. The van der Waals surface area contributed by atoms with Gasteiger partial charge in [0.15, 0.2) is 0 Å². The van der Waals surface area contributed by atoms with Crippen LogP contribution in [0, 0.1) is 0 Å². The number of rotatable bonds is 3. The van der Waals surface area contributed by atoms with Crippen molar-refractivity contribution in [2.24, 2.45) is 0 Å². The predicted octanol–water partition coefficient (Wildman–Crippen LogP) is 0.475. The zero-order chi connectivity index (χ0) is 11.4. The molecule has 1 aromatic carbocycles. The van der Waals surface area contributed by atoms with E-state index in [0.717, 1.165) is 0 Å². The summed E-state index contributed by atoms with van der Waals surface area (Å²) >= 11 is 5.67. The zero-order valence-electron chi connectivity index (χ0n) is 7.81. The van der Waals surface area contributed by atoms with E-state index in [1.165, 1.54) is 25.3 Å². The van der Waals surface area contributed by atoms with Crippen LogP contribution in [0.2, 0.25) is 5.02 Å². The highest BCUT2D eigenvalue weighted by Crippen LogP contribution is 2.23. The lowest BCUT2D eigenvalue weighted by molar-refractivity contribution is 0.0598. The molecule has 0 amide bonds. The number of esters is 1. The van der Waals surface area contributed by atoms with E-state index < -0.39 is 13.3 Å². The maximum atomic E-state index is 11.2. The first kappa shape index (κ1) is 11.8. The van der Waals surface area contributed by atoms with Crippen molar-refractivity contribution < 1.29 is 24.2 Å². The highest BCUT2D eigenvalue weighted by molar-refractivity contribution is 6.34. The van der Waals surface area contributed by atoms with Gasteiger partial charge >= 0.3 is 13.3 Å². The third-order valence-electron chi connectivity index (χ3n) is 1.58. The minimum Gasteiger partial charge on any atom is -0.511 e. The molecule has 80 valence electrons. The lowest BCUT2D eigenvalue weighted by Crippen LogP contribution is -2.22. The van der Waals surface area contributed by atoms with E-state index in [4.69, 9.17) is 21.6 Å². The van der Waals surface area contributed by atoms with Crippen LogP contribution < -0.4 is 4.65 Å². The molecule has 1 rings (SSSR count). The summed E-state index contributed by atoms with van der Waals surface area (Å²) in [5.41, 5.74) is 0.0260. The Morgan fingerprint density at radius 3 is 2.67 bits per heavy atom. The molecule has 0 heterocycles. The Kier molecular flexibility index (Phi) is 3.96. The van der Waals surface area contributed by atoms with Gasteiger partial charge in [0, 0.05) is 5.02 Å². The van der Waals surface area contributed by atoms with E-state index in [1.54, 1.807) is 0 Å². The Morgan fingerprint density at radius 1 is 1.47 bits per heavy atom. The van der Waals surface area contributed by atoms with Crippen molar-refractivity contribution in [2.75, 3.05) is 7.11 Å². The van der Waals surface area contributed by atoms with E-state index in [1.807, 2.05) is 0 Å². The Bertz CT molecular complexity index is 368. The third kappa shape index (κ3) is 3.12. The molecule has 0 aliphatic carbocycles. The summed E-state index contributed by atoms with van der Waals surface area (Å²) in [5.74, 6) is -0.686. The van der Waals surface area contributed by atoms with E-state index in [0.29, 0.717) is 5.02 Å².